The Bertz CT molecular complexity index is 1140. The number of nitrogens with zero attached hydrogens (tertiary/aromatic N) is 1. The summed E-state index contributed by atoms with van der Waals surface area (Å²) in [6, 6.07) is 16.7. The fraction of sp³-hybridized carbons (Fsp3) is 0.379. The first-order valence-electron chi connectivity index (χ1n) is 12.1. The number of aryl methyl sites for hydroxylation is 1. The van der Waals surface area contributed by atoms with E-state index in [1.54, 1.807) is 30.5 Å². The minimum absolute atomic E-state index is 0.0954. The molecule has 0 aliphatic heterocycles. The lowest BCUT2D eigenvalue weighted by Crippen LogP contribution is -2.47. The zero-order valence-electron chi connectivity index (χ0n) is 22.0. The van der Waals surface area contributed by atoms with Gasteiger partial charge >= 0.3 is 0 Å². The van der Waals surface area contributed by atoms with Crippen LogP contribution in [0.15, 0.2) is 77.5 Å². The van der Waals surface area contributed by atoms with Gasteiger partial charge in [0.25, 0.3) is 18.3 Å². The summed E-state index contributed by atoms with van der Waals surface area (Å²) in [5.41, 5.74) is 2.96. The second-order valence-corrected chi connectivity index (χ2v) is 17.0. The van der Waals surface area contributed by atoms with Crippen molar-refractivity contribution in [3.8, 4) is 12.3 Å². The number of hydrogen-bond acceptors (Lipinski definition) is 3. The predicted molar refractivity (Wildman–Crippen MR) is 150 cm³/mol. The monoisotopic (exact) mass is 509 g/mol. The molecule has 2 aromatic carbocycles. The van der Waals surface area contributed by atoms with Crippen molar-refractivity contribution in [3.05, 3.63) is 83.8 Å². The van der Waals surface area contributed by atoms with E-state index >= 15 is 0 Å². The lowest BCUT2D eigenvalue weighted by Gasteiger charge is -2.42. The lowest BCUT2D eigenvalue weighted by atomic mass is 10.2. The molecule has 0 saturated heterocycles. The Kier molecular flexibility index (Phi) is 9.99. The van der Waals surface area contributed by atoms with E-state index in [-0.39, 0.29) is 11.4 Å². The van der Waals surface area contributed by atoms with Crippen molar-refractivity contribution in [2.24, 2.45) is 0 Å². The van der Waals surface area contributed by atoms with E-state index in [4.69, 9.17) is 10.8 Å². The van der Waals surface area contributed by atoms with Gasteiger partial charge in [-0.25, -0.2) is 8.42 Å². The average Bonchev–Trinajstić information content (AvgIpc) is 2.80. The smallest absolute Gasteiger partial charge is 0.264 e. The predicted octanol–water partition coefficient (Wildman–Crippen LogP) is 7.37. The molecule has 0 heterocycles. The van der Waals surface area contributed by atoms with Crippen molar-refractivity contribution in [3.63, 3.8) is 0 Å². The fourth-order valence-corrected chi connectivity index (χ4v) is 11.2. The molecule has 6 heteroatoms. The summed E-state index contributed by atoms with van der Waals surface area (Å²) in [5, 5.41) is 0. The van der Waals surface area contributed by atoms with Crippen LogP contribution in [0, 0.1) is 19.3 Å². The molecule has 0 saturated carbocycles. The maximum atomic E-state index is 13.5. The summed E-state index contributed by atoms with van der Waals surface area (Å²) in [6.07, 6.45) is 11.0. The van der Waals surface area contributed by atoms with Gasteiger partial charge in [0, 0.05) is 0 Å². The van der Waals surface area contributed by atoms with E-state index < -0.39 is 18.3 Å². The van der Waals surface area contributed by atoms with Crippen LogP contribution in [0.5, 0.6) is 0 Å². The number of sulfonamides is 1. The van der Waals surface area contributed by atoms with Crippen molar-refractivity contribution in [1.29, 1.82) is 0 Å². The SMILES string of the molecule is C#CCN(/C=C(/C=C/c1ccccc1)O[Si](C(C)C)(C(C)C)C(C)C)S(=O)(=O)c1ccc(C)cc1. The molecule has 0 N–H and O–H groups in total. The molecule has 0 atom stereocenters. The summed E-state index contributed by atoms with van der Waals surface area (Å²) in [5.74, 6) is 3.00. The van der Waals surface area contributed by atoms with Crippen molar-refractivity contribution in [2.75, 3.05) is 6.54 Å². The third-order valence-corrected chi connectivity index (χ3v) is 14.1. The number of benzene rings is 2. The first kappa shape index (κ1) is 28.5. The van der Waals surface area contributed by atoms with E-state index in [1.807, 2.05) is 49.4 Å². The van der Waals surface area contributed by atoms with Gasteiger partial charge in [0.2, 0.25) is 0 Å². The fourth-order valence-electron chi connectivity index (χ4n) is 4.68. The molecule has 188 valence electrons. The van der Waals surface area contributed by atoms with Crippen molar-refractivity contribution in [2.45, 2.75) is 70.0 Å². The molecule has 0 spiro atoms. The van der Waals surface area contributed by atoms with Crippen LogP contribution in [-0.4, -0.2) is 27.6 Å². The van der Waals surface area contributed by atoms with Gasteiger partial charge in [0.05, 0.1) is 17.6 Å². The molecule has 0 radical (unpaired) electrons. The van der Waals surface area contributed by atoms with Gasteiger partial charge in [-0.05, 0) is 47.3 Å². The van der Waals surface area contributed by atoms with Gasteiger partial charge in [0.1, 0.15) is 5.76 Å². The maximum Gasteiger partial charge on any atom is 0.264 e. The number of terminal acetylenes is 1. The van der Waals surface area contributed by atoms with E-state index in [9.17, 15) is 8.42 Å². The molecule has 0 aliphatic carbocycles. The molecule has 0 fully saturated rings. The second kappa shape index (κ2) is 12.3. The zero-order chi connectivity index (χ0) is 26.2. The highest BCUT2D eigenvalue weighted by atomic mass is 32.2. The first-order chi connectivity index (χ1) is 16.4. The Morgan fingerprint density at radius 3 is 2.00 bits per heavy atom. The molecule has 2 aromatic rings. The molecule has 0 aromatic heterocycles. The van der Waals surface area contributed by atoms with Crippen LogP contribution in [0.25, 0.3) is 6.08 Å². The lowest BCUT2D eigenvalue weighted by molar-refractivity contribution is 0.376. The van der Waals surface area contributed by atoms with Crippen LogP contribution in [0.3, 0.4) is 0 Å². The highest BCUT2D eigenvalue weighted by Crippen LogP contribution is 2.44. The van der Waals surface area contributed by atoms with Crippen molar-refractivity contribution >= 4 is 24.4 Å². The normalized spacial score (nSPS) is 13.0. The second-order valence-electron chi connectivity index (χ2n) is 9.76. The van der Waals surface area contributed by atoms with E-state index in [2.05, 4.69) is 47.5 Å². The number of hydrogen-bond donors (Lipinski definition) is 0. The van der Waals surface area contributed by atoms with Gasteiger partial charge in [0.15, 0.2) is 0 Å². The van der Waals surface area contributed by atoms with E-state index in [1.165, 1.54) is 4.31 Å². The third-order valence-electron chi connectivity index (χ3n) is 6.39. The molecule has 0 amide bonds. The Morgan fingerprint density at radius 2 is 1.51 bits per heavy atom. The number of rotatable bonds is 11. The Morgan fingerprint density at radius 1 is 0.971 bits per heavy atom. The Balaban J connectivity index is 2.65. The summed E-state index contributed by atoms with van der Waals surface area (Å²) >= 11 is 0. The molecule has 35 heavy (non-hydrogen) atoms. The molecule has 0 aliphatic rings. The van der Waals surface area contributed by atoms with Crippen LogP contribution in [0.1, 0.15) is 52.7 Å². The topological polar surface area (TPSA) is 46.6 Å². The van der Waals surface area contributed by atoms with E-state index in [0.29, 0.717) is 22.4 Å². The summed E-state index contributed by atoms with van der Waals surface area (Å²) in [4.78, 5) is 0.195. The van der Waals surface area contributed by atoms with Gasteiger partial charge in [-0.2, -0.15) is 0 Å². The highest BCUT2D eigenvalue weighted by molar-refractivity contribution is 7.89. The largest absolute Gasteiger partial charge is 0.542 e. The van der Waals surface area contributed by atoms with Crippen LogP contribution >= 0.6 is 0 Å². The summed E-state index contributed by atoms with van der Waals surface area (Å²) < 4.78 is 35.2. The third kappa shape index (κ3) is 6.90. The van der Waals surface area contributed by atoms with Crippen LogP contribution < -0.4 is 0 Å². The summed E-state index contributed by atoms with van der Waals surface area (Å²) in [6.45, 7) is 15.0. The van der Waals surface area contributed by atoms with E-state index in [0.717, 1.165) is 11.1 Å². The minimum Gasteiger partial charge on any atom is -0.542 e. The quantitative estimate of drug-likeness (QED) is 0.137. The van der Waals surface area contributed by atoms with Crippen LogP contribution in [0.4, 0.5) is 0 Å². The zero-order valence-corrected chi connectivity index (χ0v) is 23.8. The Labute approximate surface area is 213 Å². The molecule has 0 bridgehead atoms. The standard InChI is InChI=1S/C29H39NO3SSi/c1-9-21-30(34(31,32)29-19-15-26(8)16-20-29)22-28(18-17-27-13-11-10-12-14-27)33-35(23(2)3,24(4)5)25(6)7/h1,10-20,22-25H,21H2,2-8H3/b18-17+,28-22-. The van der Waals surface area contributed by atoms with Crippen LogP contribution in [0.2, 0.25) is 16.6 Å². The first-order valence-corrected chi connectivity index (χ1v) is 15.7. The van der Waals surface area contributed by atoms with Crippen molar-refractivity contribution < 1.29 is 12.8 Å². The van der Waals surface area contributed by atoms with Gasteiger partial charge in [-0.3, -0.25) is 4.31 Å². The molecule has 0 unspecified atom stereocenters. The van der Waals surface area contributed by atoms with Crippen LogP contribution in [-0.2, 0) is 14.4 Å². The van der Waals surface area contributed by atoms with Gasteiger partial charge in [-0.15, -0.1) is 6.42 Å². The van der Waals surface area contributed by atoms with Gasteiger partial charge < -0.3 is 4.43 Å². The van der Waals surface area contributed by atoms with Gasteiger partial charge in [-0.1, -0.05) is 102 Å². The molecular formula is C29H39NO3SSi. The number of allylic oxidation sites excluding steroid dienone is 1. The minimum atomic E-state index is -3.86. The molecule has 4 nitrogen and oxygen atoms in total. The highest BCUT2D eigenvalue weighted by Gasteiger charge is 2.47. The van der Waals surface area contributed by atoms with Crippen molar-refractivity contribution in [1.82, 2.24) is 4.31 Å². The Hall–Kier alpha value is -2.75. The average molecular weight is 510 g/mol. The maximum absolute atomic E-state index is 13.5. The molecular weight excluding hydrogens is 470 g/mol. The molecule has 2 rings (SSSR count). The summed E-state index contributed by atoms with van der Waals surface area (Å²) in [7, 11) is -6.22.